The standard InChI is InChI=1S/C17H20N2O3.C16H21NO4/c1-17(2,3)22-16(21)19-11-13-7-5-4-6-12(13)10-14(19)15(20)8-9-18;1-16(2,3)21-15(19)17-10-12-8-6-5-7-11(12)9-13(17)14(18)20-4/h4-7,14H,8,10-11H2,1-3H3;5-8,13H,9-10H2,1-4H3/t14-;13-/m00/s1. The number of Topliss-reactive ketones (excluding diaryl/α,β-unsaturated/α-hetero) is 1. The highest BCUT2D eigenvalue weighted by molar-refractivity contribution is 5.89. The molecule has 0 aliphatic carbocycles. The van der Waals surface area contributed by atoms with Gasteiger partial charge < -0.3 is 14.2 Å². The Morgan fingerprint density at radius 1 is 0.744 bits per heavy atom. The number of ether oxygens (including phenoxy) is 3. The lowest BCUT2D eigenvalue weighted by atomic mass is 9.91. The number of benzene rings is 2. The van der Waals surface area contributed by atoms with Crippen LogP contribution in [0.3, 0.4) is 0 Å². The van der Waals surface area contributed by atoms with Crippen molar-refractivity contribution in [3.63, 3.8) is 0 Å². The van der Waals surface area contributed by atoms with Crippen LogP contribution in [0.2, 0.25) is 0 Å². The molecule has 2 aromatic rings. The average molecular weight is 592 g/mol. The second-order valence-electron chi connectivity index (χ2n) is 12.5. The second-order valence-corrected chi connectivity index (χ2v) is 12.5. The zero-order chi connectivity index (χ0) is 31.9. The SMILES string of the molecule is CC(C)(C)OC(=O)N1Cc2ccccc2C[C@H]1C(=O)CC#N.COC(=O)[C@@H]1Cc2ccccc2CN1C(=O)OC(C)(C)C. The molecule has 2 aliphatic rings. The van der Waals surface area contributed by atoms with E-state index in [4.69, 9.17) is 19.5 Å². The van der Waals surface area contributed by atoms with Gasteiger partial charge in [0.2, 0.25) is 0 Å². The molecule has 10 nitrogen and oxygen atoms in total. The molecule has 2 aliphatic heterocycles. The van der Waals surface area contributed by atoms with Gasteiger partial charge in [-0.1, -0.05) is 48.5 Å². The summed E-state index contributed by atoms with van der Waals surface area (Å²) >= 11 is 0. The number of rotatable bonds is 3. The summed E-state index contributed by atoms with van der Waals surface area (Å²) in [7, 11) is 1.33. The van der Waals surface area contributed by atoms with Crippen molar-refractivity contribution in [2.24, 2.45) is 0 Å². The van der Waals surface area contributed by atoms with E-state index in [0.717, 1.165) is 22.3 Å². The minimum Gasteiger partial charge on any atom is -0.467 e. The maximum absolute atomic E-state index is 12.4. The number of carbonyl (C=O) groups excluding carboxylic acids is 4. The zero-order valence-corrected chi connectivity index (χ0v) is 26.0. The Kier molecular flexibility index (Phi) is 10.6. The number of methoxy groups -OCH3 is 1. The molecule has 0 aromatic heterocycles. The molecule has 2 amide bonds. The normalized spacial score (nSPS) is 17.6. The zero-order valence-electron chi connectivity index (χ0n) is 26.0. The summed E-state index contributed by atoms with van der Waals surface area (Å²) in [6.07, 6.45) is -0.338. The van der Waals surface area contributed by atoms with Gasteiger partial charge in [0.25, 0.3) is 0 Å². The molecule has 0 N–H and O–H groups in total. The first-order valence-corrected chi connectivity index (χ1v) is 14.2. The highest BCUT2D eigenvalue weighted by Crippen LogP contribution is 2.27. The molecule has 10 heteroatoms. The third-order valence-corrected chi connectivity index (χ3v) is 6.85. The van der Waals surface area contributed by atoms with Crippen molar-refractivity contribution in [2.45, 2.75) is 97.2 Å². The number of hydrogen-bond donors (Lipinski definition) is 0. The molecule has 2 aromatic carbocycles. The molecule has 0 radical (unpaired) electrons. The van der Waals surface area contributed by atoms with E-state index in [2.05, 4.69) is 0 Å². The van der Waals surface area contributed by atoms with Crippen LogP contribution in [0.1, 0.15) is 70.2 Å². The number of carbonyl (C=O) groups is 4. The summed E-state index contributed by atoms with van der Waals surface area (Å²) in [5.74, 6) is -0.668. The lowest BCUT2D eigenvalue weighted by Crippen LogP contribution is -2.50. The fourth-order valence-electron chi connectivity index (χ4n) is 4.90. The van der Waals surface area contributed by atoms with Crippen molar-refractivity contribution < 1.29 is 33.4 Å². The third kappa shape index (κ3) is 9.05. The van der Waals surface area contributed by atoms with Crippen molar-refractivity contribution in [3.05, 3.63) is 70.8 Å². The summed E-state index contributed by atoms with van der Waals surface area (Å²) in [5, 5.41) is 8.77. The van der Waals surface area contributed by atoms with Crippen molar-refractivity contribution in [3.8, 4) is 6.07 Å². The lowest BCUT2D eigenvalue weighted by molar-refractivity contribution is -0.147. The van der Waals surface area contributed by atoms with Crippen LogP contribution in [0, 0.1) is 11.3 Å². The fourth-order valence-corrected chi connectivity index (χ4v) is 4.90. The number of hydrogen-bond acceptors (Lipinski definition) is 8. The molecule has 0 saturated carbocycles. The molecule has 0 spiro atoms. The molecule has 0 bridgehead atoms. The van der Waals surface area contributed by atoms with E-state index in [0.29, 0.717) is 25.9 Å². The van der Waals surface area contributed by atoms with Gasteiger partial charge in [-0.05, 0) is 63.8 Å². The van der Waals surface area contributed by atoms with Crippen LogP contribution < -0.4 is 0 Å². The molecule has 0 saturated heterocycles. The predicted molar refractivity (Wildman–Crippen MR) is 159 cm³/mol. The van der Waals surface area contributed by atoms with E-state index in [-0.39, 0.29) is 12.2 Å². The van der Waals surface area contributed by atoms with Crippen LogP contribution in [0.15, 0.2) is 48.5 Å². The lowest BCUT2D eigenvalue weighted by Gasteiger charge is -2.36. The summed E-state index contributed by atoms with van der Waals surface area (Å²) < 4.78 is 15.6. The average Bonchev–Trinajstić information content (AvgIpc) is 2.94. The van der Waals surface area contributed by atoms with E-state index in [9.17, 15) is 19.2 Å². The number of esters is 1. The van der Waals surface area contributed by atoms with Crippen molar-refractivity contribution >= 4 is 23.9 Å². The van der Waals surface area contributed by atoms with Crippen LogP contribution in [0.5, 0.6) is 0 Å². The van der Waals surface area contributed by atoms with Gasteiger partial charge in [0.1, 0.15) is 17.2 Å². The van der Waals surface area contributed by atoms with Gasteiger partial charge in [-0.25, -0.2) is 14.4 Å². The fraction of sp³-hybridized carbons (Fsp3) is 0.485. The number of ketones is 1. The second kappa shape index (κ2) is 13.7. The topological polar surface area (TPSA) is 126 Å². The Balaban J connectivity index is 0.000000236. The smallest absolute Gasteiger partial charge is 0.411 e. The highest BCUT2D eigenvalue weighted by atomic mass is 16.6. The van der Waals surface area contributed by atoms with Gasteiger partial charge in [-0.3, -0.25) is 14.6 Å². The van der Waals surface area contributed by atoms with Crippen LogP contribution in [-0.4, -0.2) is 64.1 Å². The molecular formula is C33H41N3O7. The molecule has 2 atom stereocenters. The maximum Gasteiger partial charge on any atom is 0.411 e. The van der Waals surface area contributed by atoms with Crippen molar-refractivity contribution in [1.82, 2.24) is 9.80 Å². The number of nitriles is 1. The van der Waals surface area contributed by atoms with Gasteiger partial charge in [-0.15, -0.1) is 0 Å². The molecule has 230 valence electrons. The minimum atomic E-state index is -0.639. The maximum atomic E-state index is 12.4. The number of fused-ring (bicyclic) bond motifs is 2. The van der Waals surface area contributed by atoms with Gasteiger partial charge in [0.15, 0.2) is 5.78 Å². The Hall–Kier alpha value is -4.39. The van der Waals surface area contributed by atoms with Crippen molar-refractivity contribution in [2.75, 3.05) is 7.11 Å². The van der Waals surface area contributed by atoms with Crippen LogP contribution >= 0.6 is 0 Å². The Morgan fingerprint density at radius 3 is 1.53 bits per heavy atom. The summed E-state index contributed by atoms with van der Waals surface area (Å²) in [6.45, 7) is 11.4. The predicted octanol–water partition coefficient (Wildman–Crippen LogP) is 5.35. The van der Waals surface area contributed by atoms with Gasteiger partial charge >= 0.3 is 18.2 Å². The van der Waals surface area contributed by atoms with E-state index in [1.165, 1.54) is 16.9 Å². The molecular weight excluding hydrogens is 550 g/mol. The number of amides is 2. The van der Waals surface area contributed by atoms with E-state index in [1.807, 2.05) is 54.6 Å². The number of nitrogens with zero attached hydrogens (tertiary/aromatic N) is 3. The molecule has 0 unspecified atom stereocenters. The quantitative estimate of drug-likeness (QED) is 0.345. The minimum absolute atomic E-state index is 0.202. The summed E-state index contributed by atoms with van der Waals surface area (Å²) in [4.78, 5) is 51.8. The van der Waals surface area contributed by atoms with Gasteiger partial charge in [0.05, 0.1) is 38.7 Å². The highest BCUT2D eigenvalue weighted by Gasteiger charge is 2.38. The first-order valence-electron chi connectivity index (χ1n) is 14.2. The van der Waals surface area contributed by atoms with Crippen LogP contribution in [0.25, 0.3) is 0 Å². The first kappa shape index (κ1) is 33.1. The molecule has 43 heavy (non-hydrogen) atoms. The van der Waals surface area contributed by atoms with E-state index in [1.54, 1.807) is 41.5 Å². The van der Waals surface area contributed by atoms with E-state index >= 15 is 0 Å². The van der Waals surface area contributed by atoms with Gasteiger partial charge in [-0.2, -0.15) is 5.26 Å². The summed E-state index contributed by atoms with van der Waals surface area (Å²) in [6, 6.07) is 16.1. The van der Waals surface area contributed by atoms with Crippen LogP contribution in [0.4, 0.5) is 9.59 Å². The summed E-state index contributed by atoms with van der Waals surface area (Å²) in [5.41, 5.74) is 2.91. The van der Waals surface area contributed by atoms with Crippen LogP contribution in [-0.2, 0) is 49.7 Å². The Labute approximate surface area is 253 Å². The monoisotopic (exact) mass is 591 g/mol. The molecule has 0 fully saturated rings. The third-order valence-electron chi connectivity index (χ3n) is 6.85. The largest absolute Gasteiger partial charge is 0.467 e. The first-order chi connectivity index (χ1) is 20.1. The van der Waals surface area contributed by atoms with Crippen molar-refractivity contribution in [1.29, 1.82) is 5.26 Å². The Bertz CT molecular complexity index is 1380. The van der Waals surface area contributed by atoms with Gasteiger partial charge in [0, 0.05) is 12.8 Å². The molecule has 2 heterocycles. The Morgan fingerprint density at radius 2 is 1.14 bits per heavy atom. The van der Waals surface area contributed by atoms with E-state index < -0.39 is 41.4 Å². The molecule has 4 rings (SSSR count).